The average molecular weight is 452 g/mol. The van der Waals surface area contributed by atoms with Gasteiger partial charge in [-0.1, -0.05) is 55.4 Å². The molecule has 0 aromatic carbocycles. The SMILES string of the molecule is CCC(C)C(=O)[O-].CCC(C)C(=O)[O-].CCC(C)C(=O)[O-].CCC(C)C(=O)[O-].[Ti+4]. The average Bonchev–Trinajstić information content (AvgIpc) is 2.66. The van der Waals surface area contributed by atoms with Gasteiger partial charge in [-0.2, -0.15) is 0 Å². The Morgan fingerprint density at radius 2 is 0.586 bits per heavy atom. The van der Waals surface area contributed by atoms with Gasteiger partial charge in [-0.25, -0.2) is 0 Å². The van der Waals surface area contributed by atoms with Crippen LogP contribution < -0.4 is 20.4 Å². The molecule has 4 atom stereocenters. The standard InChI is InChI=1S/4C5H10O2.Ti/c4*1-3-4(2)5(6)7;/h4*4H,3H2,1-2H3,(H,6,7);/q;;;;+4/p-4. The van der Waals surface area contributed by atoms with E-state index in [-0.39, 0.29) is 45.4 Å². The zero-order valence-corrected chi connectivity index (χ0v) is 20.5. The first-order valence-corrected chi connectivity index (χ1v) is 9.56. The fourth-order valence-electron chi connectivity index (χ4n) is 0.667. The summed E-state index contributed by atoms with van der Waals surface area (Å²) in [5.41, 5.74) is 0. The number of carboxylic acid groups (broad SMARTS) is 4. The maximum absolute atomic E-state index is 9.82. The van der Waals surface area contributed by atoms with Crippen molar-refractivity contribution in [1.82, 2.24) is 0 Å². The van der Waals surface area contributed by atoms with E-state index in [1.807, 2.05) is 27.7 Å². The largest absolute Gasteiger partial charge is 4.00 e. The van der Waals surface area contributed by atoms with Gasteiger partial charge < -0.3 is 39.6 Å². The molecule has 8 nitrogen and oxygen atoms in total. The van der Waals surface area contributed by atoms with Gasteiger partial charge in [-0.15, -0.1) is 0 Å². The van der Waals surface area contributed by atoms with Gasteiger partial charge in [0.25, 0.3) is 0 Å². The Kier molecular flexibility index (Phi) is 32.5. The number of carbonyl (C=O) groups excluding carboxylic acids is 4. The molecule has 0 bridgehead atoms. The second-order valence-corrected chi connectivity index (χ2v) is 6.51. The van der Waals surface area contributed by atoms with E-state index in [1.54, 1.807) is 27.7 Å². The number of carboxylic acids is 4. The molecule has 0 heterocycles. The molecular weight excluding hydrogens is 416 g/mol. The number of hydrogen-bond donors (Lipinski definition) is 0. The monoisotopic (exact) mass is 452 g/mol. The molecule has 0 saturated heterocycles. The van der Waals surface area contributed by atoms with Crippen LogP contribution in [0.3, 0.4) is 0 Å². The summed E-state index contributed by atoms with van der Waals surface area (Å²) in [4.78, 5) is 39.3. The van der Waals surface area contributed by atoms with Crippen LogP contribution in [-0.2, 0) is 40.9 Å². The maximum Gasteiger partial charge on any atom is 4.00 e. The topological polar surface area (TPSA) is 161 Å². The van der Waals surface area contributed by atoms with Crippen molar-refractivity contribution in [3.8, 4) is 0 Å². The van der Waals surface area contributed by atoms with Crippen molar-refractivity contribution in [3.63, 3.8) is 0 Å². The van der Waals surface area contributed by atoms with E-state index in [9.17, 15) is 39.6 Å². The summed E-state index contributed by atoms with van der Waals surface area (Å²) in [6, 6.07) is 0. The number of carbonyl (C=O) groups is 4. The van der Waals surface area contributed by atoms with Crippen LogP contribution in [0.15, 0.2) is 0 Å². The molecule has 0 rings (SSSR count). The van der Waals surface area contributed by atoms with Gasteiger partial charge in [-0.3, -0.25) is 0 Å². The summed E-state index contributed by atoms with van der Waals surface area (Å²) in [6.45, 7) is 13.8. The molecule has 168 valence electrons. The van der Waals surface area contributed by atoms with Crippen LogP contribution >= 0.6 is 0 Å². The third kappa shape index (κ3) is 31.5. The fourth-order valence-corrected chi connectivity index (χ4v) is 0.667. The Hall–Kier alpha value is -1.41. The Bertz CT molecular complexity index is 360. The van der Waals surface area contributed by atoms with Crippen LogP contribution in [0.2, 0.25) is 0 Å². The number of hydrogen-bond acceptors (Lipinski definition) is 8. The van der Waals surface area contributed by atoms with E-state index in [0.29, 0.717) is 25.7 Å². The van der Waals surface area contributed by atoms with E-state index in [1.165, 1.54) is 0 Å². The predicted octanol–water partition coefficient (Wildman–Crippen LogP) is -0.873. The second kappa shape index (κ2) is 24.6. The van der Waals surface area contributed by atoms with Gasteiger partial charge in [0, 0.05) is 23.9 Å². The van der Waals surface area contributed by atoms with Gasteiger partial charge in [0.2, 0.25) is 0 Å². The molecule has 4 unspecified atom stereocenters. The summed E-state index contributed by atoms with van der Waals surface area (Å²) in [5, 5.41) is 39.3. The van der Waals surface area contributed by atoms with E-state index in [2.05, 4.69) is 0 Å². The van der Waals surface area contributed by atoms with E-state index >= 15 is 0 Å². The third-order valence-electron chi connectivity index (χ3n) is 4.06. The smallest absolute Gasteiger partial charge is 0.550 e. The van der Waals surface area contributed by atoms with Crippen LogP contribution in [0, 0.1) is 23.7 Å². The van der Waals surface area contributed by atoms with Crippen molar-refractivity contribution in [2.45, 2.75) is 81.1 Å². The molecule has 0 aliphatic heterocycles. The minimum Gasteiger partial charge on any atom is -0.550 e. The summed E-state index contributed by atoms with van der Waals surface area (Å²) in [5.74, 6) is -4.99. The van der Waals surface area contributed by atoms with Crippen LogP contribution in [0.5, 0.6) is 0 Å². The first-order chi connectivity index (χ1) is 12.7. The molecule has 0 aliphatic carbocycles. The second-order valence-electron chi connectivity index (χ2n) is 6.51. The maximum atomic E-state index is 9.82. The van der Waals surface area contributed by atoms with Crippen molar-refractivity contribution in [2.24, 2.45) is 23.7 Å². The normalized spacial score (nSPS) is 13.0. The summed E-state index contributed by atoms with van der Waals surface area (Å²) in [7, 11) is 0. The molecule has 0 N–H and O–H groups in total. The minimum atomic E-state index is -0.956. The molecule has 0 aromatic rings. The predicted molar refractivity (Wildman–Crippen MR) is 97.8 cm³/mol. The van der Waals surface area contributed by atoms with Gasteiger partial charge in [0.1, 0.15) is 0 Å². The first kappa shape index (κ1) is 38.2. The Morgan fingerprint density at radius 3 is 0.586 bits per heavy atom. The summed E-state index contributed by atoms with van der Waals surface area (Å²) >= 11 is 0. The zero-order chi connectivity index (χ0) is 23.4. The quantitative estimate of drug-likeness (QED) is 0.429. The molecule has 0 spiro atoms. The van der Waals surface area contributed by atoms with Gasteiger partial charge in [0.05, 0.1) is 0 Å². The van der Waals surface area contributed by atoms with Crippen molar-refractivity contribution in [2.75, 3.05) is 0 Å². The van der Waals surface area contributed by atoms with Crippen molar-refractivity contribution < 1.29 is 61.3 Å². The van der Waals surface area contributed by atoms with E-state index in [0.717, 1.165) is 0 Å². The molecule has 0 aliphatic rings. The van der Waals surface area contributed by atoms with Crippen LogP contribution in [0.25, 0.3) is 0 Å². The summed E-state index contributed by atoms with van der Waals surface area (Å²) < 4.78 is 0. The van der Waals surface area contributed by atoms with Crippen LogP contribution in [0.4, 0.5) is 0 Å². The molecule has 29 heavy (non-hydrogen) atoms. The Morgan fingerprint density at radius 1 is 0.483 bits per heavy atom. The molecule has 0 aromatic heterocycles. The molecule has 0 radical (unpaired) electrons. The minimum absolute atomic E-state index is 0. The van der Waals surface area contributed by atoms with E-state index < -0.39 is 23.9 Å². The molecule has 0 fully saturated rings. The molecular formula is C20H36O8Ti. The van der Waals surface area contributed by atoms with Crippen molar-refractivity contribution >= 4 is 23.9 Å². The van der Waals surface area contributed by atoms with Crippen LogP contribution in [0.1, 0.15) is 81.1 Å². The summed E-state index contributed by atoms with van der Waals surface area (Å²) in [6.07, 6.45) is 2.62. The van der Waals surface area contributed by atoms with Gasteiger partial charge >= 0.3 is 21.7 Å². The molecule has 0 amide bonds. The third-order valence-corrected chi connectivity index (χ3v) is 4.06. The van der Waals surface area contributed by atoms with Gasteiger partial charge in [-0.05, 0) is 49.4 Å². The number of aliphatic carboxylic acids is 4. The Labute approximate surface area is 190 Å². The number of rotatable bonds is 8. The van der Waals surface area contributed by atoms with E-state index in [4.69, 9.17) is 0 Å². The van der Waals surface area contributed by atoms with Crippen molar-refractivity contribution in [1.29, 1.82) is 0 Å². The van der Waals surface area contributed by atoms with Crippen molar-refractivity contribution in [3.05, 3.63) is 0 Å². The van der Waals surface area contributed by atoms with Gasteiger partial charge in [0.15, 0.2) is 0 Å². The molecule has 0 saturated carbocycles. The first-order valence-electron chi connectivity index (χ1n) is 9.56. The molecule has 9 heteroatoms. The fraction of sp³-hybridized carbons (Fsp3) is 0.800. The van der Waals surface area contributed by atoms with Crippen LogP contribution in [-0.4, -0.2) is 23.9 Å². The zero-order valence-electron chi connectivity index (χ0n) is 18.9. The Balaban J connectivity index is -0.0000000873.